The highest BCUT2D eigenvalue weighted by Crippen LogP contribution is 2.35. The van der Waals surface area contributed by atoms with Crippen molar-refractivity contribution in [3.05, 3.63) is 53.9 Å². The smallest absolute Gasteiger partial charge is 0.355 e. The summed E-state index contributed by atoms with van der Waals surface area (Å²) in [5, 5.41) is 19.4. The van der Waals surface area contributed by atoms with Gasteiger partial charge in [-0.3, -0.25) is 0 Å². The Kier molecular flexibility index (Phi) is 4.70. The first-order chi connectivity index (χ1) is 11.0. The molecule has 0 aliphatic carbocycles. The first-order valence-corrected chi connectivity index (χ1v) is 6.56. The number of carbonyl (C=O) groups excluding carboxylic acids is 2. The van der Waals surface area contributed by atoms with E-state index in [1.165, 1.54) is 43.5 Å². The first kappa shape index (κ1) is 16.2. The summed E-state index contributed by atoms with van der Waals surface area (Å²) in [5.41, 5.74) is 0.0340. The lowest BCUT2D eigenvalue weighted by atomic mass is 10.1. The van der Waals surface area contributed by atoms with Crippen LogP contribution in [0.25, 0.3) is 0 Å². The number of phenols is 2. The van der Waals surface area contributed by atoms with Gasteiger partial charge in [-0.1, -0.05) is 6.08 Å². The summed E-state index contributed by atoms with van der Waals surface area (Å²) in [4.78, 5) is 25.4. The second kappa shape index (κ2) is 6.69. The monoisotopic (exact) mass is 317 g/mol. The Labute approximate surface area is 132 Å². The summed E-state index contributed by atoms with van der Waals surface area (Å²) in [6.45, 7) is 0. The lowest BCUT2D eigenvalue weighted by Crippen LogP contribution is -2.27. The molecule has 1 aliphatic rings. The predicted molar refractivity (Wildman–Crippen MR) is 81.6 cm³/mol. The van der Waals surface area contributed by atoms with Crippen LogP contribution in [0, 0.1) is 0 Å². The quantitative estimate of drug-likeness (QED) is 0.817. The van der Waals surface area contributed by atoms with Gasteiger partial charge < -0.3 is 24.6 Å². The van der Waals surface area contributed by atoms with Crippen molar-refractivity contribution in [3.63, 3.8) is 0 Å². The number of rotatable bonds is 3. The molecule has 0 saturated carbocycles. The molecule has 1 heterocycles. The molecule has 0 aromatic heterocycles. The van der Waals surface area contributed by atoms with E-state index in [9.17, 15) is 19.8 Å². The standard InChI is InChI=1S/C16H15NO6/c1-22-15(20)11-5-3-4-8-17(14(11)16(21)23-2)12-7-6-10(18)9-13(12)19/h3-9,18-19H,1-2H3. The van der Waals surface area contributed by atoms with Gasteiger partial charge in [0.25, 0.3) is 0 Å². The van der Waals surface area contributed by atoms with E-state index in [-0.39, 0.29) is 28.5 Å². The van der Waals surface area contributed by atoms with Gasteiger partial charge in [-0.05, 0) is 24.3 Å². The molecule has 7 heteroatoms. The van der Waals surface area contributed by atoms with Crippen LogP contribution in [0.5, 0.6) is 11.5 Å². The summed E-state index contributed by atoms with van der Waals surface area (Å²) >= 11 is 0. The van der Waals surface area contributed by atoms with Crippen molar-refractivity contribution in [1.29, 1.82) is 0 Å². The maximum atomic E-state index is 12.2. The molecule has 0 fully saturated rings. The van der Waals surface area contributed by atoms with Crippen LogP contribution in [0.3, 0.4) is 0 Å². The van der Waals surface area contributed by atoms with Crippen molar-refractivity contribution in [1.82, 2.24) is 0 Å². The zero-order chi connectivity index (χ0) is 17.0. The van der Waals surface area contributed by atoms with Crippen LogP contribution in [0.15, 0.2) is 53.9 Å². The van der Waals surface area contributed by atoms with Gasteiger partial charge in [0, 0.05) is 12.3 Å². The Morgan fingerprint density at radius 2 is 1.74 bits per heavy atom. The van der Waals surface area contributed by atoms with Crippen LogP contribution in [-0.2, 0) is 19.1 Å². The highest BCUT2D eigenvalue weighted by atomic mass is 16.5. The van der Waals surface area contributed by atoms with E-state index in [1.807, 2.05) is 0 Å². The molecule has 0 bridgehead atoms. The van der Waals surface area contributed by atoms with E-state index in [1.54, 1.807) is 12.2 Å². The second-order valence-corrected chi connectivity index (χ2v) is 4.49. The van der Waals surface area contributed by atoms with Gasteiger partial charge in [0.15, 0.2) is 0 Å². The molecule has 7 nitrogen and oxygen atoms in total. The van der Waals surface area contributed by atoms with Gasteiger partial charge in [0.1, 0.15) is 17.2 Å². The average Bonchev–Trinajstić information content (AvgIpc) is 2.76. The van der Waals surface area contributed by atoms with Crippen LogP contribution in [0.1, 0.15) is 0 Å². The van der Waals surface area contributed by atoms with Crippen molar-refractivity contribution < 1.29 is 29.3 Å². The zero-order valence-corrected chi connectivity index (χ0v) is 12.5. The van der Waals surface area contributed by atoms with E-state index in [0.29, 0.717) is 0 Å². The molecule has 120 valence electrons. The highest BCUT2D eigenvalue weighted by molar-refractivity contribution is 6.05. The first-order valence-electron chi connectivity index (χ1n) is 6.56. The van der Waals surface area contributed by atoms with Gasteiger partial charge in [-0.2, -0.15) is 0 Å². The number of aromatic hydroxyl groups is 2. The van der Waals surface area contributed by atoms with Crippen molar-refractivity contribution in [2.75, 3.05) is 19.1 Å². The normalized spacial score (nSPS) is 13.7. The Hall–Kier alpha value is -3.22. The van der Waals surface area contributed by atoms with Gasteiger partial charge in [-0.15, -0.1) is 0 Å². The molecule has 0 spiro atoms. The van der Waals surface area contributed by atoms with Gasteiger partial charge in [-0.25, -0.2) is 9.59 Å². The third-order valence-electron chi connectivity index (χ3n) is 3.11. The molecule has 0 saturated heterocycles. The molecule has 23 heavy (non-hydrogen) atoms. The number of benzene rings is 1. The lowest BCUT2D eigenvalue weighted by molar-refractivity contribution is -0.139. The summed E-state index contributed by atoms with van der Waals surface area (Å²) in [7, 11) is 2.37. The third kappa shape index (κ3) is 3.18. The minimum Gasteiger partial charge on any atom is -0.508 e. The van der Waals surface area contributed by atoms with E-state index in [0.717, 1.165) is 6.07 Å². The minimum atomic E-state index is -0.783. The summed E-state index contributed by atoms with van der Waals surface area (Å²) in [6.07, 6.45) is 6.01. The molecule has 0 atom stereocenters. The zero-order valence-electron chi connectivity index (χ0n) is 12.5. The second-order valence-electron chi connectivity index (χ2n) is 4.49. The number of carbonyl (C=O) groups is 2. The summed E-state index contributed by atoms with van der Waals surface area (Å²) in [6, 6.07) is 3.86. The SMILES string of the molecule is COC(=O)C1=C(C(=O)OC)N(c2ccc(O)cc2O)C=CC=C1. The highest BCUT2D eigenvalue weighted by Gasteiger charge is 2.28. The van der Waals surface area contributed by atoms with Crippen LogP contribution in [0.4, 0.5) is 5.69 Å². The fraction of sp³-hybridized carbons (Fsp3) is 0.125. The lowest BCUT2D eigenvalue weighted by Gasteiger charge is -2.23. The number of phenolic OH excluding ortho intramolecular Hbond substituents is 2. The summed E-state index contributed by atoms with van der Waals surface area (Å²) in [5.74, 6) is -1.93. The maximum Gasteiger partial charge on any atom is 0.355 e. The molecular weight excluding hydrogens is 302 g/mol. The van der Waals surface area contributed by atoms with Crippen molar-refractivity contribution in [2.45, 2.75) is 0 Å². The topological polar surface area (TPSA) is 96.3 Å². The number of allylic oxidation sites excluding steroid dienone is 2. The molecule has 2 rings (SSSR count). The minimum absolute atomic E-state index is 0.0307. The number of hydrogen-bond acceptors (Lipinski definition) is 7. The van der Waals surface area contributed by atoms with E-state index >= 15 is 0 Å². The van der Waals surface area contributed by atoms with E-state index < -0.39 is 11.9 Å². The Balaban J connectivity index is 2.68. The fourth-order valence-electron chi connectivity index (χ4n) is 2.07. The van der Waals surface area contributed by atoms with Gasteiger partial charge in [0.05, 0.1) is 25.5 Å². The summed E-state index contributed by atoms with van der Waals surface area (Å²) < 4.78 is 9.43. The molecule has 1 aromatic carbocycles. The molecule has 0 radical (unpaired) electrons. The third-order valence-corrected chi connectivity index (χ3v) is 3.11. The molecule has 0 amide bonds. The molecular formula is C16H15NO6. The molecule has 0 unspecified atom stereocenters. The van der Waals surface area contributed by atoms with E-state index in [2.05, 4.69) is 0 Å². The van der Waals surface area contributed by atoms with Crippen molar-refractivity contribution >= 4 is 17.6 Å². The van der Waals surface area contributed by atoms with Gasteiger partial charge >= 0.3 is 11.9 Å². The number of ether oxygens (including phenoxy) is 2. The molecule has 2 N–H and O–H groups in total. The predicted octanol–water partition coefficient (Wildman–Crippen LogP) is 1.59. The number of esters is 2. The molecule has 1 aliphatic heterocycles. The number of hydrogen-bond donors (Lipinski definition) is 2. The number of nitrogens with zero attached hydrogens (tertiary/aromatic N) is 1. The number of methoxy groups -OCH3 is 2. The maximum absolute atomic E-state index is 12.2. The van der Waals surface area contributed by atoms with Crippen LogP contribution in [0.2, 0.25) is 0 Å². The fourth-order valence-corrected chi connectivity index (χ4v) is 2.07. The number of anilines is 1. The van der Waals surface area contributed by atoms with E-state index in [4.69, 9.17) is 9.47 Å². The molecule has 1 aromatic rings. The Morgan fingerprint density at radius 3 is 2.35 bits per heavy atom. The Morgan fingerprint density at radius 1 is 1.04 bits per heavy atom. The van der Waals surface area contributed by atoms with Crippen molar-refractivity contribution in [3.8, 4) is 11.5 Å². The largest absolute Gasteiger partial charge is 0.508 e. The Bertz CT molecular complexity index is 732. The van der Waals surface area contributed by atoms with Crippen LogP contribution < -0.4 is 4.90 Å². The van der Waals surface area contributed by atoms with Crippen molar-refractivity contribution in [2.24, 2.45) is 0 Å². The average molecular weight is 317 g/mol. The van der Waals surface area contributed by atoms with Gasteiger partial charge in [0.2, 0.25) is 0 Å². The van der Waals surface area contributed by atoms with Crippen LogP contribution >= 0.6 is 0 Å². The van der Waals surface area contributed by atoms with Crippen LogP contribution in [-0.4, -0.2) is 36.4 Å².